The highest BCUT2D eigenvalue weighted by atomic mass is 16.5. The molecule has 0 aliphatic heterocycles. The van der Waals surface area contributed by atoms with Gasteiger partial charge in [0.2, 0.25) is 5.91 Å². The maximum atomic E-state index is 12.0. The maximum absolute atomic E-state index is 12.0. The Morgan fingerprint density at radius 2 is 2.29 bits per heavy atom. The van der Waals surface area contributed by atoms with Crippen LogP contribution in [0.5, 0.6) is 0 Å². The summed E-state index contributed by atoms with van der Waals surface area (Å²) in [5.74, 6) is 0.0967. The Balaban J connectivity index is 1.70. The van der Waals surface area contributed by atoms with Crippen molar-refractivity contribution in [2.45, 2.75) is 19.4 Å². The third-order valence-electron chi connectivity index (χ3n) is 3.21. The lowest BCUT2D eigenvalue weighted by molar-refractivity contribution is -0.117. The Morgan fingerprint density at radius 3 is 3.05 bits per heavy atom. The monoisotopic (exact) mass is 285 g/mol. The Hall–Kier alpha value is -2.67. The molecule has 0 aliphatic rings. The molecule has 4 N–H and O–H groups in total. The van der Waals surface area contributed by atoms with Gasteiger partial charge in [0.25, 0.3) is 0 Å². The zero-order valence-electron chi connectivity index (χ0n) is 11.5. The summed E-state index contributed by atoms with van der Waals surface area (Å²) in [6.45, 7) is 1.67. The fourth-order valence-electron chi connectivity index (χ4n) is 2.18. The van der Waals surface area contributed by atoms with Crippen LogP contribution in [0.1, 0.15) is 11.4 Å². The first-order valence-corrected chi connectivity index (χ1v) is 6.55. The largest absolute Gasteiger partial charge is 0.361 e. The molecule has 1 unspecified atom stereocenters. The molecular formula is C14H15N5O2. The average molecular weight is 285 g/mol. The van der Waals surface area contributed by atoms with Crippen LogP contribution >= 0.6 is 0 Å². The van der Waals surface area contributed by atoms with Crippen LogP contribution in [-0.2, 0) is 11.2 Å². The predicted octanol–water partition coefficient (Wildman–Crippen LogP) is 1.37. The van der Waals surface area contributed by atoms with Crippen molar-refractivity contribution in [3.8, 4) is 0 Å². The molecule has 7 nitrogen and oxygen atoms in total. The van der Waals surface area contributed by atoms with Gasteiger partial charge in [0.15, 0.2) is 5.82 Å². The number of carbonyl (C=O) groups is 1. The van der Waals surface area contributed by atoms with Crippen molar-refractivity contribution in [1.82, 2.24) is 15.1 Å². The number of rotatable bonds is 4. The lowest BCUT2D eigenvalue weighted by atomic mass is 10.1. The van der Waals surface area contributed by atoms with Crippen LogP contribution in [0.15, 0.2) is 35.0 Å². The van der Waals surface area contributed by atoms with Crippen molar-refractivity contribution >= 4 is 22.8 Å². The summed E-state index contributed by atoms with van der Waals surface area (Å²) in [6.07, 6.45) is 2.29. The van der Waals surface area contributed by atoms with Crippen LogP contribution < -0.4 is 11.1 Å². The first-order chi connectivity index (χ1) is 10.1. The molecule has 0 spiro atoms. The van der Waals surface area contributed by atoms with Crippen molar-refractivity contribution in [3.05, 3.63) is 41.9 Å². The number of H-pyrrole nitrogens is 1. The Kier molecular flexibility index (Phi) is 3.41. The van der Waals surface area contributed by atoms with Gasteiger partial charge in [-0.2, -0.15) is 4.98 Å². The minimum Gasteiger partial charge on any atom is -0.361 e. The van der Waals surface area contributed by atoms with E-state index in [-0.39, 0.29) is 11.9 Å². The number of para-hydroxylation sites is 1. The molecule has 1 amide bonds. The number of aryl methyl sites for hydroxylation is 1. The molecule has 3 aromatic rings. The quantitative estimate of drug-likeness (QED) is 0.670. The van der Waals surface area contributed by atoms with Gasteiger partial charge in [-0.1, -0.05) is 23.4 Å². The summed E-state index contributed by atoms with van der Waals surface area (Å²) in [7, 11) is 0. The number of nitrogens with one attached hydrogen (secondary N) is 2. The van der Waals surface area contributed by atoms with Gasteiger partial charge in [0.1, 0.15) is 0 Å². The molecule has 0 saturated carbocycles. The maximum Gasteiger partial charge on any atom is 0.328 e. The number of nitrogens with zero attached hydrogens (tertiary/aromatic N) is 2. The number of amides is 1. The van der Waals surface area contributed by atoms with Crippen LogP contribution in [0.3, 0.4) is 0 Å². The Bertz CT molecular complexity index is 776. The molecule has 0 fully saturated rings. The van der Waals surface area contributed by atoms with Gasteiger partial charge in [0, 0.05) is 17.1 Å². The van der Waals surface area contributed by atoms with E-state index in [0.29, 0.717) is 12.2 Å². The average Bonchev–Trinajstić information content (AvgIpc) is 3.06. The number of carbonyl (C=O) groups excluding carboxylic acids is 1. The van der Waals surface area contributed by atoms with Crippen molar-refractivity contribution < 1.29 is 9.32 Å². The number of benzene rings is 1. The fourth-order valence-corrected chi connectivity index (χ4v) is 2.18. The zero-order valence-corrected chi connectivity index (χ0v) is 11.5. The highest BCUT2D eigenvalue weighted by Crippen LogP contribution is 2.19. The first-order valence-electron chi connectivity index (χ1n) is 6.55. The third kappa shape index (κ3) is 2.77. The van der Waals surface area contributed by atoms with E-state index < -0.39 is 6.04 Å². The van der Waals surface area contributed by atoms with Gasteiger partial charge in [-0.15, -0.1) is 0 Å². The van der Waals surface area contributed by atoms with E-state index >= 15 is 0 Å². The molecular weight excluding hydrogens is 270 g/mol. The lowest BCUT2D eigenvalue weighted by Gasteiger charge is -2.09. The van der Waals surface area contributed by atoms with E-state index in [9.17, 15) is 4.79 Å². The lowest BCUT2D eigenvalue weighted by Crippen LogP contribution is -2.37. The standard InChI is InChI=1S/C14H15N5O2/c1-8-17-14(21-19-8)18-13(20)11(15)6-9-7-16-12-5-3-2-4-10(9)12/h2-5,7,11,16H,6,15H2,1H3,(H,17,18,19,20). The van der Waals surface area contributed by atoms with Crippen molar-refractivity contribution in [2.75, 3.05) is 5.32 Å². The van der Waals surface area contributed by atoms with Gasteiger partial charge in [-0.05, 0) is 25.0 Å². The van der Waals surface area contributed by atoms with Crippen LogP contribution in [-0.4, -0.2) is 27.1 Å². The summed E-state index contributed by atoms with van der Waals surface area (Å²) < 4.78 is 4.84. The van der Waals surface area contributed by atoms with E-state index in [1.807, 2.05) is 30.5 Å². The minimum absolute atomic E-state index is 0.0619. The number of aromatic amines is 1. The predicted molar refractivity (Wildman–Crippen MR) is 77.6 cm³/mol. The smallest absolute Gasteiger partial charge is 0.328 e. The number of fused-ring (bicyclic) bond motifs is 1. The minimum atomic E-state index is -0.698. The number of nitrogens with two attached hydrogens (primary N) is 1. The molecule has 0 saturated heterocycles. The highest BCUT2D eigenvalue weighted by Gasteiger charge is 2.18. The number of hydrogen-bond acceptors (Lipinski definition) is 5. The van der Waals surface area contributed by atoms with Crippen LogP contribution in [0.2, 0.25) is 0 Å². The second kappa shape index (κ2) is 5.37. The van der Waals surface area contributed by atoms with Gasteiger partial charge < -0.3 is 15.2 Å². The normalized spacial score (nSPS) is 12.5. The first kappa shape index (κ1) is 13.3. The molecule has 0 radical (unpaired) electrons. The molecule has 7 heteroatoms. The number of hydrogen-bond donors (Lipinski definition) is 3. The third-order valence-corrected chi connectivity index (χ3v) is 3.21. The highest BCUT2D eigenvalue weighted by molar-refractivity contribution is 5.93. The molecule has 21 heavy (non-hydrogen) atoms. The topological polar surface area (TPSA) is 110 Å². The number of anilines is 1. The number of aromatic nitrogens is 3. The molecule has 1 aromatic carbocycles. The van der Waals surface area contributed by atoms with Crippen LogP contribution in [0.4, 0.5) is 6.01 Å². The van der Waals surface area contributed by atoms with Crippen LogP contribution in [0, 0.1) is 6.92 Å². The van der Waals surface area contributed by atoms with Crippen molar-refractivity contribution in [2.24, 2.45) is 5.73 Å². The summed E-state index contributed by atoms with van der Waals surface area (Å²) >= 11 is 0. The van der Waals surface area contributed by atoms with E-state index in [2.05, 4.69) is 20.4 Å². The molecule has 2 heterocycles. The van der Waals surface area contributed by atoms with E-state index in [1.165, 1.54) is 0 Å². The summed E-state index contributed by atoms with van der Waals surface area (Å²) in [5.41, 5.74) is 7.95. The van der Waals surface area contributed by atoms with Gasteiger partial charge in [-0.3, -0.25) is 10.1 Å². The molecule has 108 valence electrons. The second-order valence-electron chi connectivity index (χ2n) is 4.81. The molecule has 0 bridgehead atoms. The van der Waals surface area contributed by atoms with E-state index in [4.69, 9.17) is 10.3 Å². The van der Waals surface area contributed by atoms with E-state index in [0.717, 1.165) is 16.5 Å². The SMILES string of the molecule is Cc1noc(NC(=O)C(N)Cc2c[nH]c3ccccc23)n1. The summed E-state index contributed by atoms with van der Waals surface area (Å²) in [6, 6.07) is 7.24. The molecule has 2 aromatic heterocycles. The summed E-state index contributed by atoms with van der Waals surface area (Å²) in [5, 5.41) is 7.17. The Labute approximate surface area is 120 Å². The van der Waals surface area contributed by atoms with Gasteiger partial charge in [0.05, 0.1) is 6.04 Å². The Morgan fingerprint density at radius 1 is 1.48 bits per heavy atom. The van der Waals surface area contributed by atoms with Crippen molar-refractivity contribution in [3.63, 3.8) is 0 Å². The van der Waals surface area contributed by atoms with Crippen LogP contribution in [0.25, 0.3) is 10.9 Å². The van der Waals surface area contributed by atoms with Gasteiger partial charge >= 0.3 is 6.01 Å². The zero-order chi connectivity index (χ0) is 14.8. The van der Waals surface area contributed by atoms with Crippen molar-refractivity contribution in [1.29, 1.82) is 0 Å². The molecule has 0 aliphatic carbocycles. The summed E-state index contributed by atoms with van der Waals surface area (Å²) in [4.78, 5) is 19.1. The molecule has 1 atom stereocenters. The van der Waals surface area contributed by atoms with E-state index in [1.54, 1.807) is 6.92 Å². The second-order valence-corrected chi connectivity index (χ2v) is 4.81. The fraction of sp³-hybridized carbons (Fsp3) is 0.214. The van der Waals surface area contributed by atoms with Gasteiger partial charge in [-0.25, -0.2) is 0 Å². The molecule has 3 rings (SSSR count).